The van der Waals surface area contributed by atoms with Crippen LogP contribution in [0.15, 0.2) is 4.99 Å². The molecule has 2 heterocycles. The van der Waals surface area contributed by atoms with Crippen LogP contribution in [0.25, 0.3) is 0 Å². The summed E-state index contributed by atoms with van der Waals surface area (Å²) < 4.78 is 0. The summed E-state index contributed by atoms with van der Waals surface area (Å²) in [5.41, 5.74) is 0.0455. The van der Waals surface area contributed by atoms with E-state index in [0.29, 0.717) is 25.4 Å². The fraction of sp³-hybridized carbons (Fsp3) is 0.850. The van der Waals surface area contributed by atoms with Crippen molar-refractivity contribution in [1.29, 1.82) is 0 Å². The highest BCUT2D eigenvalue weighted by molar-refractivity contribution is 14.0. The lowest BCUT2D eigenvalue weighted by atomic mass is 9.79. The molecule has 3 aliphatic rings. The van der Waals surface area contributed by atoms with Crippen LogP contribution in [-0.4, -0.2) is 61.4 Å². The van der Waals surface area contributed by atoms with Gasteiger partial charge in [0.2, 0.25) is 11.8 Å². The first kappa shape index (κ1) is 23.2. The van der Waals surface area contributed by atoms with Crippen molar-refractivity contribution in [2.75, 3.05) is 32.7 Å². The van der Waals surface area contributed by atoms with E-state index < -0.39 is 0 Å². The molecule has 1 spiro atoms. The van der Waals surface area contributed by atoms with Crippen molar-refractivity contribution < 1.29 is 9.59 Å². The van der Waals surface area contributed by atoms with E-state index in [9.17, 15) is 9.59 Å². The minimum Gasteiger partial charge on any atom is -0.357 e. The molecule has 0 aromatic heterocycles. The third-order valence-electron chi connectivity index (χ3n) is 6.06. The second-order valence-corrected chi connectivity index (χ2v) is 8.37. The number of guanidine groups is 1. The normalized spacial score (nSPS) is 26.0. The summed E-state index contributed by atoms with van der Waals surface area (Å²) in [5, 5.41) is 9.51. The third kappa shape index (κ3) is 6.49. The molecule has 1 aliphatic carbocycles. The van der Waals surface area contributed by atoms with Crippen LogP contribution >= 0.6 is 24.0 Å². The van der Waals surface area contributed by atoms with Gasteiger partial charge in [-0.1, -0.05) is 19.3 Å². The van der Waals surface area contributed by atoms with Gasteiger partial charge in [0.05, 0.1) is 6.54 Å². The number of aliphatic imine (C=N–C) groups is 1. The van der Waals surface area contributed by atoms with Crippen LogP contribution < -0.4 is 16.0 Å². The quantitative estimate of drug-likeness (QED) is 0.303. The molecule has 7 nitrogen and oxygen atoms in total. The molecule has 1 unspecified atom stereocenters. The van der Waals surface area contributed by atoms with Crippen LogP contribution in [0.3, 0.4) is 0 Å². The van der Waals surface area contributed by atoms with Crippen LogP contribution in [0.1, 0.15) is 64.7 Å². The van der Waals surface area contributed by atoms with Crippen molar-refractivity contribution >= 4 is 41.8 Å². The van der Waals surface area contributed by atoms with Crippen molar-refractivity contribution in [2.24, 2.45) is 10.4 Å². The Morgan fingerprint density at radius 3 is 2.75 bits per heavy atom. The molecule has 0 aromatic carbocycles. The van der Waals surface area contributed by atoms with Gasteiger partial charge in [-0.15, -0.1) is 24.0 Å². The van der Waals surface area contributed by atoms with Gasteiger partial charge in [0.15, 0.2) is 5.96 Å². The topological polar surface area (TPSA) is 85.8 Å². The zero-order chi connectivity index (χ0) is 19.1. The summed E-state index contributed by atoms with van der Waals surface area (Å²) in [6, 6.07) is 0.359. The van der Waals surface area contributed by atoms with Gasteiger partial charge in [0.1, 0.15) is 0 Å². The highest BCUT2D eigenvalue weighted by Crippen LogP contribution is 2.36. The van der Waals surface area contributed by atoms with Crippen LogP contribution in [0.5, 0.6) is 0 Å². The summed E-state index contributed by atoms with van der Waals surface area (Å²) in [5.74, 6) is 1.15. The second-order valence-electron chi connectivity index (χ2n) is 8.37. The lowest BCUT2D eigenvalue weighted by molar-refractivity contribution is -0.122. The predicted octanol–water partition coefficient (Wildman–Crippen LogP) is 2.01. The summed E-state index contributed by atoms with van der Waals surface area (Å²) in [7, 11) is 0. The zero-order valence-electron chi connectivity index (χ0n) is 17.1. The van der Waals surface area contributed by atoms with Crippen molar-refractivity contribution in [3.8, 4) is 0 Å². The number of piperidine rings is 1. The number of likely N-dealkylation sites (tertiary alicyclic amines) is 1. The summed E-state index contributed by atoms with van der Waals surface area (Å²) in [6.07, 6.45) is 9.18. The van der Waals surface area contributed by atoms with Crippen LogP contribution in [0.2, 0.25) is 0 Å². The Morgan fingerprint density at radius 2 is 2.07 bits per heavy atom. The number of amides is 2. The smallest absolute Gasteiger partial charge is 0.222 e. The molecule has 160 valence electrons. The average molecular weight is 505 g/mol. The molecule has 3 N–H and O–H groups in total. The number of carbonyl (C=O) groups is 2. The van der Waals surface area contributed by atoms with Gasteiger partial charge in [0.25, 0.3) is 0 Å². The van der Waals surface area contributed by atoms with Crippen molar-refractivity contribution in [1.82, 2.24) is 20.9 Å². The Bertz CT molecular complexity index is 565. The molecule has 1 saturated carbocycles. The number of nitrogens with zero attached hydrogens (tertiary/aromatic N) is 2. The number of hydrogen-bond donors (Lipinski definition) is 3. The molecule has 1 atom stereocenters. The summed E-state index contributed by atoms with van der Waals surface area (Å²) in [6.45, 7) is 5.94. The Balaban J connectivity index is 0.00000280. The number of hydrogen-bond acceptors (Lipinski definition) is 3. The van der Waals surface area contributed by atoms with Gasteiger partial charge < -0.3 is 20.9 Å². The summed E-state index contributed by atoms with van der Waals surface area (Å²) >= 11 is 0. The number of nitrogens with one attached hydrogen (secondary N) is 3. The maximum absolute atomic E-state index is 12.2. The van der Waals surface area contributed by atoms with E-state index in [0.717, 1.165) is 57.8 Å². The third-order valence-corrected chi connectivity index (χ3v) is 6.06. The minimum atomic E-state index is 0. The maximum Gasteiger partial charge on any atom is 0.222 e. The van der Waals surface area contributed by atoms with Gasteiger partial charge in [-0.05, 0) is 32.6 Å². The largest absolute Gasteiger partial charge is 0.357 e. The number of rotatable bonds is 5. The Kier molecular flexibility index (Phi) is 9.30. The SMILES string of the molecule is CCNC(=NCCC(=O)NC1CCCCC1)N1CCCC2(CNC(=O)C2)C1.I. The minimum absolute atomic E-state index is 0. The molecule has 0 bridgehead atoms. The Labute approximate surface area is 185 Å². The summed E-state index contributed by atoms with van der Waals surface area (Å²) in [4.78, 5) is 30.9. The molecule has 0 aromatic rings. The Hall–Kier alpha value is -1.06. The lowest BCUT2D eigenvalue weighted by Crippen LogP contribution is -2.51. The molecular formula is C20H36IN5O2. The van der Waals surface area contributed by atoms with Crippen molar-refractivity contribution in [2.45, 2.75) is 70.8 Å². The second kappa shape index (κ2) is 11.2. The van der Waals surface area contributed by atoms with Gasteiger partial charge >= 0.3 is 0 Å². The number of halogens is 1. The molecule has 2 aliphatic heterocycles. The van der Waals surface area contributed by atoms with Gasteiger partial charge in [-0.2, -0.15) is 0 Å². The van der Waals surface area contributed by atoms with Crippen LogP contribution in [0, 0.1) is 5.41 Å². The van der Waals surface area contributed by atoms with E-state index >= 15 is 0 Å². The monoisotopic (exact) mass is 505 g/mol. The first-order valence-electron chi connectivity index (χ1n) is 10.7. The van der Waals surface area contributed by atoms with Crippen LogP contribution in [0.4, 0.5) is 0 Å². The fourth-order valence-electron chi connectivity index (χ4n) is 4.66. The number of carbonyl (C=O) groups excluding carboxylic acids is 2. The molecule has 2 amide bonds. The first-order valence-corrected chi connectivity index (χ1v) is 10.7. The van der Waals surface area contributed by atoms with Crippen molar-refractivity contribution in [3.05, 3.63) is 0 Å². The highest BCUT2D eigenvalue weighted by atomic mass is 127. The lowest BCUT2D eigenvalue weighted by Gasteiger charge is -2.40. The molecule has 0 radical (unpaired) electrons. The van der Waals surface area contributed by atoms with E-state index in [-0.39, 0.29) is 41.2 Å². The Morgan fingerprint density at radius 1 is 1.29 bits per heavy atom. The first-order chi connectivity index (χ1) is 13.1. The van der Waals surface area contributed by atoms with E-state index in [4.69, 9.17) is 4.99 Å². The fourth-order valence-corrected chi connectivity index (χ4v) is 4.66. The molecule has 28 heavy (non-hydrogen) atoms. The average Bonchev–Trinajstić information content (AvgIpc) is 3.01. The highest BCUT2D eigenvalue weighted by Gasteiger charge is 2.42. The van der Waals surface area contributed by atoms with Crippen LogP contribution in [-0.2, 0) is 9.59 Å². The van der Waals surface area contributed by atoms with E-state index in [1.165, 1.54) is 19.3 Å². The predicted molar refractivity (Wildman–Crippen MR) is 122 cm³/mol. The zero-order valence-corrected chi connectivity index (χ0v) is 19.4. The van der Waals surface area contributed by atoms with Gasteiger partial charge in [0, 0.05) is 50.5 Å². The maximum atomic E-state index is 12.2. The molecular weight excluding hydrogens is 469 g/mol. The van der Waals surface area contributed by atoms with E-state index in [2.05, 4.69) is 27.8 Å². The molecule has 8 heteroatoms. The van der Waals surface area contributed by atoms with E-state index in [1.54, 1.807) is 0 Å². The van der Waals surface area contributed by atoms with Crippen molar-refractivity contribution in [3.63, 3.8) is 0 Å². The standard InChI is InChI=1S/C20H35N5O2.HI/c1-2-21-19(22-11-9-17(26)24-16-7-4-3-5-8-16)25-12-6-10-20(15-25)13-18(27)23-14-20;/h16H,2-15H2,1H3,(H,21,22)(H,23,27)(H,24,26);1H. The molecule has 2 saturated heterocycles. The molecule has 3 fully saturated rings. The molecule has 3 rings (SSSR count). The van der Waals surface area contributed by atoms with Gasteiger partial charge in [-0.3, -0.25) is 14.6 Å². The van der Waals surface area contributed by atoms with E-state index in [1.807, 2.05) is 0 Å². The van der Waals surface area contributed by atoms with Gasteiger partial charge in [-0.25, -0.2) is 0 Å².